The van der Waals surface area contributed by atoms with Crippen molar-refractivity contribution in [2.75, 3.05) is 13.1 Å². The van der Waals surface area contributed by atoms with Crippen LogP contribution in [0.5, 0.6) is 0 Å². The molecule has 0 fully saturated rings. The van der Waals surface area contributed by atoms with E-state index in [-0.39, 0.29) is 23.2 Å². The molecule has 0 aliphatic heterocycles. The van der Waals surface area contributed by atoms with Crippen LogP contribution in [0, 0.1) is 13.8 Å². The van der Waals surface area contributed by atoms with E-state index in [2.05, 4.69) is 61.5 Å². The second-order valence-corrected chi connectivity index (χ2v) is 16.3. The number of aldehydes is 1. The number of carbonyl (C=O) groups excluding carboxylic acids is 1. The molecule has 3 N–H and O–H groups in total. The lowest BCUT2D eigenvalue weighted by molar-refractivity contribution is 0.112. The van der Waals surface area contributed by atoms with E-state index in [4.69, 9.17) is 46.8 Å². The molecule has 4 aromatic carbocycles. The molecule has 4 aromatic heterocycles. The zero-order valence-electron chi connectivity index (χ0n) is 35.1. The molecule has 0 amide bonds. The number of benzene rings is 4. The summed E-state index contributed by atoms with van der Waals surface area (Å²) in [4.78, 5) is 28.0. The van der Waals surface area contributed by atoms with Gasteiger partial charge >= 0.3 is 0 Å². The maximum Gasteiger partial charge on any atom is 0.226 e. The SMILES string of the molecule is CC(C)(CN)c1coc(-c2ccc(Cl)cc2)n1.Cc1nc(-c2cccc(C=O)c2)no1.Cc1nc(-c2cccc(CNCC(C)(C)c3coc(-c4ccc(Cl)cc4)n3)c2)no1.Cl. The van der Waals surface area contributed by atoms with Gasteiger partial charge in [-0.05, 0) is 66.2 Å². The molecule has 8 rings (SSSR count). The Morgan fingerprint density at radius 2 is 1.13 bits per heavy atom. The number of nitrogens with zero attached hydrogens (tertiary/aromatic N) is 6. The van der Waals surface area contributed by atoms with Gasteiger partial charge in [-0.2, -0.15) is 9.97 Å². The normalized spacial score (nSPS) is 11.2. The number of aromatic nitrogens is 6. The summed E-state index contributed by atoms with van der Waals surface area (Å²) in [6, 6.07) is 30.0. The van der Waals surface area contributed by atoms with E-state index in [1.165, 1.54) is 0 Å². The Hall–Kier alpha value is -5.96. The van der Waals surface area contributed by atoms with Crippen LogP contribution in [0.1, 0.15) is 66.8 Å². The zero-order chi connectivity index (χ0) is 43.6. The number of hydrogen-bond donors (Lipinski definition) is 2. The summed E-state index contributed by atoms with van der Waals surface area (Å²) in [6.07, 6.45) is 4.18. The number of hydrogen-bond acceptors (Lipinski definition) is 13. The van der Waals surface area contributed by atoms with Gasteiger partial charge < -0.3 is 28.9 Å². The second kappa shape index (κ2) is 21.2. The van der Waals surface area contributed by atoms with Gasteiger partial charge in [0.1, 0.15) is 18.8 Å². The smallest absolute Gasteiger partial charge is 0.226 e. The van der Waals surface area contributed by atoms with Crippen LogP contribution in [-0.4, -0.2) is 49.6 Å². The van der Waals surface area contributed by atoms with E-state index < -0.39 is 0 Å². The van der Waals surface area contributed by atoms with Gasteiger partial charge in [0.15, 0.2) is 0 Å². The highest BCUT2D eigenvalue weighted by atomic mass is 35.5. The van der Waals surface area contributed by atoms with Crippen molar-refractivity contribution in [3.8, 4) is 45.7 Å². The third-order valence-electron chi connectivity index (χ3n) is 9.51. The summed E-state index contributed by atoms with van der Waals surface area (Å²) >= 11 is 11.8. The molecule has 0 bridgehead atoms. The Balaban J connectivity index is 0.000000192. The Morgan fingerprint density at radius 1 is 0.645 bits per heavy atom. The Labute approximate surface area is 375 Å². The van der Waals surface area contributed by atoms with Crippen LogP contribution in [0.3, 0.4) is 0 Å². The average Bonchev–Trinajstić information content (AvgIpc) is 4.11. The van der Waals surface area contributed by atoms with E-state index >= 15 is 0 Å². The fourth-order valence-electron chi connectivity index (χ4n) is 5.74. The first kappa shape index (κ1) is 47.1. The fraction of sp³-hybridized carbons (Fsp3) is 0.239. The third-order valence-corrected chi connectivity index (χ3v) is 10.0. The van der Waals surface area contributed by atoms with Crippen molar-refractivity contribution < 1.29 is 22.7 Å². The van der Waals surface area contributed by atoms with Crippen molar-refractivity contribution in [1.29, 1.82) is 0 Å². The molecule has 8 aromatic rings. The fourth-order valence-corrected chi connectivity index (χ4v) is 5.99. The lowest BCUT2D eigenvalue weighted by Crippen LogP contribution is -2.33. The molecule has 0 atom stereocenters. The molecular weight excluding hydrogens is 851 g/mol. The van der Waals surface area contributed by atoms with Gasteiger partial charge in [0.25, 0.3) is 0 Å². The van der Waals surface area contributed by atoms with Gasteiger partial charge in [0.05, 0.1) is 11.4 Å². The lowest BCUT2D eigenvalue weighted by atomic mass is 9.90. The standard InChI is InChI=1S/C23H23ClN4O2.C13H15ClN2O.C10H8N2O2.ClH/c1-15-26-21(28-30-15)18-6-4-5-16(11-18)12-25-14-23(2,3)20-13-29-22(27-20)17-7-9-19(24)10-8-17;1-13(2,8-15)11-7-17-12(16-11)9-3-5-10(14)6-4-9;1-7-11-10(12-14-7)9-4-2-3-8(5-9)6-13;/h4-11,13,25H,12,14H2,1-3H3;3-7H,8,15H2,1-2H3;2-6H,1H3;1H. The van der Waals surface area contributed by atoms with Crippen molar-refractivity contribution in [2.45, 2.75) is 58.9 Å². The highest BCUT2D eigenvalue weighted by Gasteiger charge is 2.25. The average molecular weight is 898 g/mol. The van der Waals surface area contributed by atoms with Gasteiger partial charge in [-0.15, -0.1) is 12.4 Å². The minimum Gasteiger partial charge on any atom is -0.444 e. The van der Waals surface area contributed by atoms with Crippen LogP contribution < -0.4 is 11.1 Å². The summed E-state index contributed by atoms with van der Waals surface area (Å²) in [6.45, 7) is 13.9. The van der Waals surface area contributed by atoms with E-state index in [1.54, 1.807) is 44.6 Å². The molecule has 0 unspecified atom stereocenters. The summed E-state index contributed by atoms with van der Waals surface area (Å²) in [5.74, 6) is 3.37. The van der Waals surface area contributed by atoms with Crippen molar-refractivity contribution in [3.05, 3.63) is 154 Å². The summed E-state index contributed by atoms with van der Waals surface area (Å²) < 4.78 is 21.1. The number of carbonyl (C=O) groups is 1. The lowest BCUT2D eigenvalue weighted by Gasteiger charge is -2.22. The molecule has 16 heteroatoms. The van der Waals surface area contributed by atoms with Gasteiger partial charge in [-0.25, -0.2) is 9.97 Å². The minimum atomic E-state index is -0.198. The van der Waals surface area contributed by atoms with Gasteiger partial charge in [-0.3, -0.25) is 4.79 Å². The van der Waals surface area contributed by atoms with E-state index in [1.807, 2.05) is 80.6 Å². The van der Waals surface area contributed by atoms with Crippen molar-refractivity contribution in [3.63, 3.8) is 0 Å². The number of aryl methyl sites for hydroxylation is 2. The predicted molar refractivity (Wildman–Crippen MR) is 242 cm³/mol. The summed E-state index contributed by atoms with van der Waals surface area (Å²) in [5, 5.41) is 12.6. The molecule has 13 nitrogen and oxygen atoms in total. The molecule has 0 spiro atoms. The molecular formula is C46H47Cl3N8O5. The molecule has 4 heterocycles. The Morgan fingerprint density at radius 3 is 1.60 bits per heavy atom. The molecule has 0 saturated heterocycles. The van der Waals surface area contributed by atoms with Crippen LogP contribution in [-0.2, 0) is 17.4 Å². The van der Waals surface area contributed by atoms with Crippen molar-refractivity contribution in [2.24, 2.45) is 5.73 Å². The molecule has 0 aliphatic rings. The molecule has 0 radical (unpaired) electrons. The van der Waals surface area contributed by atoms with E-state index in [0.717, 1.165) is 58.6 Å². The number of nitrogens with two attached hydrogens (primary N) is 1. The monoisotopic (exact) mass is 896 g/mol. The number of halogens is 3. The Kier molecular flexibility index (Phi) is 16.1. The largest absolute Gasteiger partial charge is 0.444 e. The first-order valence-electron chi connectivity index (χ1n) is 19.3. The number of oxazole rings is 2. The van der Waals surface area contributed by atoms with Crippen LogP contribution in [0.2, 0.25) is 10.0 Å². The van der Waals surface area contributed by atoms with Crippen molar-refractivity contribution in [1.82, 2.24) is 35.6 Å². The van der Waals surface area contributed by atoms with Gasteiger partial charge in [-0.1, -0.05) is 97.6 Å². The predicted octanol–water partition coefficient (Wildman–Crippen LogP) is 10.9. The molecule has 322 valence electrons. The Bertz CT molecular complexity index is 2650. The molecule has 62 heavy (non-hydrogen) atoms. The quantitative estimate of drug-likeness (QED) is 0.110. The van der Waals surface area contributed by atoms with E-state index in [0.29, 0.717) is 57.4 Å². The first-order valence-corrected chi connectivity index (χ1v) is 20.1. The second-order valence-electron chi connectivity index (χ2n) is 15.4. The number of nitrogens with one attached hydrogen (secondary N) is 1. The highest BCUT2D eigenvalue weighted by Crippen LogP contribution is 2.28. The minimum absolute atomic E-state index is 0. The van der Waals surface area contributed by atoms with Crippen LogP contribution in [0.25, 0.3) is 45.7 Å². The maximum absolute atomic E-state index is 10.5. The van der Waals surface area contributed by atoms with Crippen molar-refractivity contribution >= 4 is 41.9 Å². The number of rotatable bonds is 12. The highest BCUT2D eigenvalue weighted by molar-refractivity contribution is 6.30. The van der Waals surface area contributed by atoms with Crippen LogP contribution >= 0.6 is 35.6 Å². The van der Waals surface area contributed by atoms with Crippen LogP contribution in [0.15, 0.2) is 127 Å². The van der Waals surface area contributed by atoms with Gasteiger partial charge in [0, 0.05) is 82.2 Å². The molecule has 0 saturated carbocycles. The summed E-state index contributed by atoms with van der Waals surface area (Å²) in [7, 11) is 0. The zero-order valence-corrected chi connectivity index (χ0v) is 37.4. The first-order chi connectivity index (χ1) is 29.2. The van der Waals surface area contributed by atoms with Gasteiger partial charge in [0.2, 0.25) is 35.2 Å². The third kappa shape index (κ3) is 12.6. The topological polar surface area (TPSA) is 185 Å². The summed E-state index contributed by atoms with van der Waals surface area (Å²) in [5.41, 5.74) is 12.4. The maximum atomic E-state index is 10.5. The van der Waals surface area contributed by atoms with E-state index in [9.17, 15) is 4.79 Å². The van der Waals surface area contributed by atoms with Crippen LogP contribution in [0.4, 0.5) is 0 Å². The molecule has 0 aliphatic carbocycles.